The third-order valence-electron chi connectivity index (χ3n) is 5.74. The number of allylic oxidation sites excluding steroid dienone is 1. The molecule has 0 radical (unpaired) electrons. The second kappa shape index (κ2) is 7.92. The van der Waals surface area contributed by atoms with Crippen LogP contribution in [0.2, 0.25) is 0 Å². The number of nitrogens with zero attached hydrogens (tertiary/aromatic N) is 2. The number of carboxylic acid groups (broad SMARTS) is 1. The van der Waals surface area contributed by atoms with Gasteiger partial charge in [-0.05, 0) is 18.2 Å². The molecule has 9 nitrogen and oxygen atoms in total. The van der Waals surface area contributed by atoms with E-state index >= 15 is 0 Å². The molecule has 0 unspecified atom stereocenters. The fraction of sp³-hybridized carbons (Fsp3) is 0.261. The molecule has 9 heteroatoms. The first kappa shape index (κ1) is 19.9. The topological polar surface area (TPSA) is 114 Å². The van der Waals surface area contributed by atoms with Crippen LogP contribution in [0.25, 0.3) is 17.0 Å². The Morgan fingerprint density at radius 2 is 2.03 bits per heavy atom. The molecular formula is C23H21N3O6. The van der Waals surface area contributed by atoms with Crippen molar-refractivity contribution in [3.05, 3.63) is 53.4 Å². The molecule has 0 atom stereocenters. The van der Waals surface area contributed by atoms with Crippen LogP contribution in [-0.2, 0) is 0 Å². The molecule has 32 heavy (non-hydrogen) atoms. The standard InChI is InChI=1S/C23H21N3O6/c1-30-18-7-6-15-20(27)19(12-17-14-4-2-3-5-16(14)24-25-17)32-21(15)22(18)31-13-8-10-26(11-9-13)23(28)29/h2-7,12-13H,8-11H2,1H3,(H,24,25)(H,28,29)/b19-12-. The number of nitrogens with one attached hydrogen (secondary N) is 1. The van der Waals surface area contributed by atoms with Crippen molar-refractivity contribution in [3.63, 3.8) is 0 Å². The summed E-state index contributed by atoms with van der Waals surface area (Å²) in [5.74, 6) is 0.989. The van der Waals surface area contributed by atoms with Crippen LogP contribution in [0.1, 0.15) is 28.9 Å². The number of aromatic amines is 1. The highest BCUT2D eigenvalue weighted by Crippen LogP contribution is 2.46. The zero-order valence-electron chi connectivity index (χ0n) is 17.3. The molecule has 0 saturated carbocycles. The van der Waals surface area contributed by atoms with E-state index in [9.17, 15) is 9.59 Å². The summed E-state index contributed by atoms with van der Waals surface area (Å²) in [6, 6.07) is 11.0. The molecule has 0 aliphatic carbocycles. The third-order valence-corrected chi connectivity index (χ3v) is 5.74. The summed E-state index contributed by atoms with van der Waals surface area (Å²) in [5, 5.41) is 17.3. The van der Waals surface area contributed by atoms with Gasteiger partial charge in [0.2, 0.25) is 11.5 Å². The number of likely N-dealkylation sites (tertiary alicyclic amines) is 1. The minimum Gasteiger partial charge on any atom is -0.493 e. The summed E-state index contributed by atoms with van der Waals surface area (Å²) in [4.78, 5) is 25.5. The van der Waals surface area contributed by atoms with Crippen LogP contribution in [0, 0.1) is 0 Å². The molecule has 2 aromatic carbocycles. The number of rotatable bonds is 4. The first-order chi connectivity index (χ1) is 15.5. The number of aromatic nitrogens is 2. The minimum atomic E-state index is -0.934. The summed E-state index contributed by atoms with van der Waals surface area (Å²) in [6.07, 6.45) is 1.54. The fourth-order valence-electron chi connectivity index (χ4n) is 4.03. The van der Waals surface area contributed by atoms with Gasteiger partial charge in [-0.1, -0.05) is 18.2 Å². The molecule has 2 aliphatic heterocycles. The lowest BCUT2D eigenvalue weighted by atomic mass is 10.1. The summed E-state index contributed by atoms with van der Waals surface area (Å²) in [6.45, 7) is 0.767. The molecule has 3 heterocycles. The van der Waals surface area contributed by atoms with Crippen molar-refractivity contribution in [2.24, 2.45) is 0 Å². The van der Waals surface area contributed by atoms with Gasteiger partial charge in [-0.15, -0.1) is 0 Å². The van der Waals surface area contributed by atoms with Crippen LogP contribution in [0.4, 0.5) is 4.79 Å². The van der Waals surface area contributed by atoms with Gasteiger partial charge in [0.05, 0.1) is 23.9 Å². The summed E-state index contributed by atoms with van der Waals surface area (Å²) < 4.78 is 17.6. The number of Topliss-reactive ketones (excluding diaryl/α,β-unsaturated/α-hetero) is 1. The lowest BCUT2D eigenvalue weighted by Crippen LogP contribution is -2.41. The van der Waals surface area contributed by atoms with Crippen molar-refractivity contribution in [1.82, 2.24) is 15.1 Å². The molecule has 5 rings (SSSR count). The number of benzene rings is 2. The van der Waals surface area contributed by atoms with Crippen LogP contribution < -0.4 is 14.2 Å². The van der Waals surface area contributed by atoms with Gasteiger partial charge in [0.15, 0.2) is 17.3 Å². The largest absolute Gasteiger partial charge is 0.493 e. The summed E-state index contributed by atoms with van der Waals surface area (Å²) in [7, 11) is 1.52. The Balaban J connectivity index is 1.44. The van der Waals surface area contributed by atoms with Crippen LogP contribution in [0.15, 0.2) is 42.2 Å². The molecule has 2 aliphatic rings. The van der Waals surface area contributed by atoms with Crippen molar-refractivity contribution in [2.75, 3.05) is 20.2 Å². The maximum Gasteiger partial charge on any atom is 0.407 e. The summed E-state index contributed by atoms with van der Waals surface area (Å²) >= 11 is 0. The first-order valence-electron chi connectivity index (χ1n) is 10.3. The number of ether oxygens (including phenoxy) is 3. The highest BCUT2D eigenvalue weighted by atomic mass is 16.6. The van der Waals surface area contributed by atoms with Crippen LogP contribution in [0.5, 0.6) is 17.2 Å². The molecule has 164 valence electrons. The molecule has 0 bridgehead atoms. The molecular weight excluding hydrogens is 414 g/mol. The number of fused-ring (bicyclic) bond motifs is 2. The van der Waals surface area contributed by atoms with Crippen LogP contribution >= 0.6 is 0 Å². The van der Waals surface area contributed by atoms with Gasteiger partial charge in [0.1, 0.15) is 6.10 Å². The second-order valence-electron chi connectivity index (χ2n) is 7.65. The molecule has 0 spiro atoms. The van der Waals surface area contributed by atoms with E-state index in [4.69, 9.17) is 19.3 Å². The second-order valence-corrected chi connectivity index (χ2v) is 7.65. The van der Waals surface area contributed by atoms with E-state index in [1.54, 1.807) is 18.2 Å². The number of hydrogen-bond acceptors (Lipinski definition) is 6. The number of para-hydroxylation sites is 1. The smallest absolute Gasteiger partial charge is 0.407 e. The van der Waals surface area contributed by atoms with Gasteiger partial charge in [0.25, 0.3) is 0 Å². The van der Waals surface area contributed by atoms with E-state index in [-0.39, 0.29) is 17.6 Å². The van der Waals surface area contributed by atoms with E-state index in [1.807, 2.05) is 24.3 Å². The highest BCUT2D eigenvalue weighted by molar-refractivity contribution is 6.15. The number of amides is 1. The van der Waals surface area contributed by atoms with E-state index in [0.717, 1.165) is 10.9 Å². The van der Waals surface area contributed by atoms with Gasteiger partial charge in [-0.25, -0.2) is 4.79 Å². The monoisotopic (exact) mass is 435 g/mol. The van der Waals surface area contributed by atoms with E-state index in [0.29, 0.717) is 54.4 Å². The quantitative estimate of drug-likeness (QED) is 0.601. The Kier molecular flexibility index (Phi) is 4.93. The Hall–Kier alpha value is -4.01. The summed E-state index contributed by atoms with van der Waals surface area (Å²) in [5.41, 5.74) is 1.85. The van der Waals surface area contributed by atoms with Gasteiger partial charge < -0.3 is 24.2 Å². The Morgan fingerprint density at radius 3 is 2.78 bits per heavy atom. The Morgan fingerprint density at radius 1 is 1.25 bits per heavy atom. The predicted molar refractivity (Wildman–Crippen MR) is 115 cm³/mol. The van der Waals surface area contributed by atoms with Gasteiger partial charge >= 0.3 is 6.09 Å². The zero-order chi connectivity index (χ0) is 22.2. The van der Waals surface area contributed by atoms with Crippen LogP contribution in [-0.4, -0.2) is 58.4 Å². The van der Waals surface area contributed by atoms with E-state index in [2.05, 4.69) is 10.2 Å². The van der Waals surface area contributed by atoms with Crippen LogP contribution in [0.3, 0.4) is 0 Å². The molecule has 1 aromatic heterocycles. The van der Waals surface area contributed by atoms with Gasteiger partial charge in [-0.2, -0.15) is 5.10 Å². The number of piperidine rings is 1. The maximum absolute atomic E-state index is 13.0. The fourth-order valence-corrected chi connectivity index (χ4v) is 4.03. The van der Waals surface area contributed by atoms with Crippen molar-refractivity contribution in [1.29, 1.82) is 0 Å². The number of H-pyrrole nitrogens is 1. The first-order valence-corrected chi connectivity index (χ1v) is 10.3. The van der Waals surface area contributed by atoms with Crippen molar-refractivity contribution in [2.45, 2.75) is 18.9 Å². The van der Waals surface area contributed by atoms with Crippen molar-refractivity contribution >= 4 is 28.9 Å². The normalized spacial score (nSPS) is 17.5. The zero-order valence-corrected chi connectivity index (χ0v) is 17.3. The van der Waals surface area contributed by atoms with Crippen molar-refractivity contribution in [3.8, 4) is 17.2 Å². The Bertz CT molecular complexity index is 1240. The number of hydrogen-bond donors (Lipinski definition) is 2. The molecule has 3 aromatic rings. The number of carbonyl (C=O) groups is 2. The minimum absolute atomic E-state index is 0.149. The average molecular weight is 435 g/mol. The SMILES string of the molecule is COc1ccc2c(c1OC1CCN(C(=O)O)CC1)O/C(=C\c1n[nH]c3ccccc13)C2=O. The van der Waals surface area contributed by atoms with Gasteiger partial charge in [0, 0.05) is 37.4 Å². The number of methoxy groups -OCH3 is 1. The van der Waals surface area contributed by atoms with Crippen molar-refractivity contribution < 1.29 is 28.9 Å². The Labute approximate surface area is 183 Å². The third kappa shape index (κ3) is 3.41. The molecule has 1 fully saturated rings. The predicted octanol–water partition coefficient (Wildman–Crippen LogP) is 3.71. The number of ketones is 1. The lowest BCUT2D eigenvalue weighted by Gasteiger charge is -2.30. The lowest BCUT2D eigenvalue weighted by molar-refractivity contribution is 0.0864. The van der Waals surface area contributed by atoms with E-state index < -0.39 is 6.09 Å². The molecule has 1 saturated heterocycles. The average Bonchev–Trinajstić information content (AvgIpc) is 3.36. The number of carbonyl (C=O) groups excluding carboxylic acids is 1. The van der Waals surface area contributed by atoms with E-state index in [1.165, 1.54) is 12.0 Å². The molecule has 2 N–H and O–H groups in total. The molecule has 1 amide bonds. The highest BCUT2D eigenvalue weighted by Gasteiger charge is 2.34. The van der Waals surface area contributed by atoms with Gasteiger partial charge in [-0.3, -0.25) is 9.89 Å². The maximum atomic E-state index is 13.0.